The number of amides is 3. The number of alkyl carbamates (subject to hydrolysis) is 1. The first kappa shape index (κ1) is 39.5. The normalized spacial score (nSPS) is 15.9. The Morgan fingerprint density at radius 1 is 0.939 bits per heavy atom. The number of rotatable bonds is 5. The summed E-state index contributed by atoms with van der Waals surface area (Å²) in [5, 5.41) is 14.8. The highest BCUT2D eigenvalue weighted by atomic mass is 79.9. The molecule has 0 saturated carbocycles. The molecule has 2 N–H and O–H groups in total. The summed E-state index contributed by atoms with van der Waals surface area (Å²) in [4.78, 5) is 55.1. The number of aromatic nitrogens is 4. The predicted molar refractivity (Wildman–Crippen MR) is 190 cm³/mol. The van der Waals surface area contributed by atoms with E-state index in [0.29, 0.717) is 39.5 Å². The van der Waals surface area contributed by atoms with Gasteiger partial charge in [-0.05, 0) is 97.2 Å². The number of hydrogen-bond acceptors (Lipinski definition) is 11. The summed E-state index contributed by atoms with van der Waals surface area (Å²) in [6, 6.07) is 1.54. The maximum absolute atomic E-state index is 13.3. The van der Waals surface area contributed by atoms with Crippen molar-refractivity contribution in [3.63, 3.8) is 0 Å². The highest BCUT2D eigenvalue weighted by Gasteiger charge is 2.36. The van der Waals surface area contributed by atoms with Crippen LogP contribution < -0.4 is 15.1 Å². The Balaban J connectivity index is 0.00000319. The van der Waals surface area contributed by atoms with Crippen LogP contribution in [0.5, 0.6) is 0 Å². The summed E-state index contributed by atoms with van der Waals surface area (Å²) in [5.74, 6) is -0.127. The third-order valence-corrected chi connectivity index (χ3v) is 7.17. The van der Waals surface area contributed by atoms with Crippen LogP contribution in [-0.4, -0.2) is 78.7 Å². The first-order valence-electron chi connectivity index (χ1n) is 16.4. The summed E-state index contributed by atoms with van der Waals surface area (Å²) in [6.07, 6.45) is 3.97. The van der Waals surface area contributed by atoms with Crippen LogP contribution in [0.1, 0.15) is 106 Å². The molecular formula is C34H50BrN7O7. The van der Waals surface area contributed by atoms with Gasteiger partial charge in [0.1, 0.15) is 27.5 Å². The molecule has 0 bridgehead atoms. The molecule has 3 aromatic heterocycles. The number of pyridine rings is 1. The van der Waals surface area contributed by atoms with Crippen molar-refractivity contribution in [1.29, 1.82) is 0 Å². The van der Waals surface area contributed by atoms with Gasteiger partial charge in [-0.25, -0.2) is 29.3 Å². The summed E-state index contributed by atoms with van der Waals surface area (Å²) < 4.78 is 18.6. The van der Waals surface area contributed by atoms with Gasteiger partial charge in [0, 0.05) is 37.1 Å². The lowest BCUT2D eigenvalue weighted by atomic mass is 10.0. The van der Waals surface area contributed by atoms with Crippen molar-refractivity contribution in [2.75, 3.05) is 22.9 Å². The fourth-order valence-corrected chi connectivity index (χ4v) is 5.36. The number of nitrogens with one attached hydrogen (secondary N) is 1. The number of halogens is 1. The number of fused-ring (bicyclic) bond motifs is 1. The van der Waals surface area contributed by atoms with Gasteiger partial charge in [0.25, 0.3) is 0 Å². The van der Waals surface area contributed by atoms with Crippen LogP contribution in [0.4, 0.5) is 25.9 Å². The molecular weight excluding hydrogens is 698 g/mol. The van der Waals surface area contributed by atoms with E-state index in [9.17, 15) is 19.5 Å². The number of imidazole rings is 1. The molecule has 3 amide bonds. The molecule has 0 radical (unpaired) electrons. The molecule has 1 aliphatic heterocycles. The van der Waals surface area contributed by atoms with E-state index < -0.39 is 41.2 Å². The number of piperidine rings is 1. The number of nitrogens with zero attached hydrogens (tertiary/aromatic N) is 6. The van der Waals surface area contributed by atoms with Gasteiger partial charge < -0.3 is 29.5 Å². The van der Waals surface area contributed by atoms with E-state index in [0.717, 1.165) is 12.8 Å². The lowest BCUT2D eigenvalue weighted by Gasteiger charge is -2.36. The van der Waals surface area contributed by atoms with Gasteiger partial charge in [0.15, 0.2) is 11.5 Å². The molecule has 2 unspecified atom stereocenters. The highest BCUT2D eigenvalue weighted by molar-refractivity contribution is 9.10. The molecule has 270 valence electrons. The van der Waals surface area contributed by atoms with E-state index >= 15 is 0 Å². The first-order valence-corrected chi connectivity index (χ1v) is 17.2. The molecule has 14 nitrogen and oxygen atoms in total. The fourth-order valence-electron chi connectivity index (χ4n) is 5.01. The molecule has 2 atom stereocenters. The van der Waals surface area contributed by atoms with Crippen LogP contribution in [0.25, 0.3) is 5.65 Å². The molecule has 4 heterocycles. The van der Waals surface area contributed by atoms with Gasteiger partial charge in [-0.1, -0.05) is 13.8 Å². The molecule has 15 heteroatoms. The second kappa shape index (κ2) is 15.7. The molecule has 0 spiro atoms. The van der Waals surface area contributed by atoms with Crippen molar-refractivity contribution in [3.8, 4) is 0 Å². The maximum atomic E-state index is 13.3. The Morgan fingerprint density at radius 2 is 1.53 bits per heavy atom. The Hall–Kier alpha value is -3.98. The lowest BCUT2D eigenvalue weighted by Crippen LogP contribution is -2.49. The number of ether oxygens (including phenoxy) is 3. The zero-order valence-corrected chi connectivity index (χ0v) is 31.9. The molecule has 3 aromatic rings. The second-order valence-corrected chi connectivity index (χ2v) is 15.1. The molecule has 49 heavy (non-hydrogen) atoms. The molecule has 0 aromatic carbocycles. The van der Waals surface area contributed by atoms with Crippen molar-refractivity contribution in [2.45, 2.75) is 118 Å². The van der Waals surface area contributed by atoms with Crippen molar-refractivity contribution >= 4 is 51.4 Å². The van der Waals surface area contributed by atoms with Crippen LogP contribution in [0, 0.1) is 0 Å². The van der Waals surface area contributed by atoms with Gasteiger partial charge in [-0.2, -0.15) is 4.90 Å². The Kier molecular flexibility index (Phi) is 12.6. The molecule has 1 fully saturated rings. The van der Waals surface area contributed by atoms with Gasteiger partial charge in [-0.3, -0.25) is 4.40 Å². The van der Waals surface area contributed by atoms with Crippen LogP contribution in [0.15, 0.2) is 35.5 Å². The molecule has 1 aliphatic rings. The summed E-state index contributed by atoms with van der Waals surface area (Å²) in [6.45, 7) is 20.7. The molecule has 4 rings (SSSR count). The number of hydrogen-bond donors (Lipinski definition) is 2. The number of aliphatic hydroxyl groups excluding tert-OH is 1. The van der Waals surface area contributed by atoms with Gasteiger partial charge in [-0.15, -0.1) is 0 Å². The van der Waals surface area contributed by atoms with E-state index in [1.807, 2.05) is 34.6 Å². The minimum atomic E-state index is -1.22. The van der Waals surface area contributed by atoms with E-state index in [1.54, 1.807) is 64.4 Å². The number of anilines is 2. The van der Waals surface area contributed by atoms with Crippen LogP contribution in [-0.2, 0) is 14.2 Å². The third kappa shape index (κ3) is 10.8. The highest BCUT2D eigenvalue weighted by Crippen LogP contribution is 2.35. The zero-order valence-electron chi connectivity index (χ0n) is 30.3. The van der Waals surface area contributed by atoms with E-state index in [4.69, 9.17) is 14.2 Å². The van der Waals surface area contributed by atoms with E-state index in [2.05, 4.69) is 41.1 Å². The van der Waals surface area contributed by atoms with Gasteiger partial charge in [0.2, 0.25) is 0 Å². The van der Waals surface area contributed by atoms with Crippen molar-refractivity contribution < 1.29 is 33.7 Å². The zero-order chi connectivity index (χ0) is 36.9. The fraction of sp³-hybridized carbons (Fsp3) is 0.588. The SMILES string of the molecule is CC.CC(C)(C)OC(=O)NC1CCCN(c2cnc(Br)cc2C(O)c2cnc3c(N(C(=O)OC(C)(C)C)C(=O)OC(C)(C)C)nccn23)C1. The van der Waals surface area contributed by atoms with Gasteiger partial charge >= 0.3 is 18.3 Å². The summed E-state index contributed by atoms with van der Waals surface area (Å²) >= 11 is 3.43. The van der Waals surface area contributed by atoms with Crippen LogP contribution >= 0.6 is 15.9 Å². The Bertz CT molecular complexity index is 1600. The Labute approximate surface area is 296 Å². The number of imide groups is 1. The van der Waals surface area contributed by atoms with Crippen molar-refractivity contribution in [1.82, 2.24) is 24.7 Å². The largest absolute Gasteiger partial charge is 0.444 e. The number of aliphatic hydroxyl groups is 1. The second-order valence-electron chi connectivity index (χ2n) is 14.3. The number of carbonyl (C=O) groups excluding carboxylic acids is 3. The first-order chi connectivity index (χ1) is 22.7. The van der Waals surface area contributed by atoms with Gasteiger partial charge in [0.05, 0.1) is 23.8 Å². The van der Waals surface area contributed by atoms with E-state index in [-0.39, 0.29) is 17.5 Å². The molecule has 1 saturated heterocycles. The van der Waals surface area contributed by atoms with E-state index in [1.165, 1.54) is 12.4 Å². The van der Waals surface area contributed by atoms with Crippen molar-refractivity contribution in [3.05, 3.63) is 46.7 Å². The minimum Gasteiger partial charge on any atom is -0.444 e. The molecule has 0 aliphatic carbocycles. The minimum absolute atomic E-state index is 0.118. The van der Waals surface area contributed by atoms with Crippen LogP contribution in [0.2, 0.25) is 0 Å². The van der Waals surface area contributed by atoms with Crippen LogP contribution in [0.3, 0.4) is 0 Å². The summed E-state index contributed by atoms with van der Waals surface area (Å²) in [7, 11) is 0. The summed E-state index contributed by atoms with van der Waals surface area (Å²) in [5.41, 5.74) is -0.790. The third-order valence-electron chi connectivity index (χ3n) is 6.74. The number of carbonyl (C=O) groups is 3. The average molecular weight is 749 g/mol. The quantitative estimate of drug-likeness (QED) is 0.201. The smallest absolute Gasteiger partial charge is 0.425 e. The van der Waals surface area contributed by atoms with Crippen molar-refractivity contribution in [2.24, 2.45) is 0 Å². The maximum Gasteiger partial charge on any atom is 0.425 e. The average Bonchev–Trinajstić information content (AvgIpc) is 3.40. The predicted octanol–water partition coefficient (Wildman–Crippen LogP) is 7.16. The standard InChI is InChI=1S/C32H44BrN7O7.C2H6/c1-30(2,3)45-27(42)37-19-11-10-13-38(18-19)21-16-35-23(33)15-20(21)24(41)22-17-36-25-26(34-12-14-39(22)25)40(28(43)46-31(4,5)6)29(44)47-32(7,8)9;1-2/h12,14-17,19,24,41H,10-11,13,18H2,1-9H3,(H,37,42);1-2H3. The lowest BCUT2D eigenvalue weighted by molar-refractivity contribution is 0.0425. The monoisotopic (exact) mass is 747 g/mol. The topological polar surface area (TPSA) is 161 Å². The Morgan fingerprint density at radius 3 is 2.10 bits per heavy atom.